The molecule has 1 saturated carbocycles. The average molecular weight is 302 g/mol. The quantitative estimate of drug-likeness (QED) is 0.886. The molecule has 22 heavy (non-hydrogen) atoms. The van der Waals surface area contributed by atoms with Crippen LogP contribution in [0.4, 0.5) is 5.69 Å². The van der Waals surface area contributed by atoms with Gasteiger partial charge < -0.3 is 15.0 Å². The molecule has 0 bridgehead atoms. The highest BCUT2D eigenvalue weighted by atomic mass is 16.5. The molecule has 3 heteroatoms. The molecule has 2 fully saturated rings. The molecule has 1 heterocycles. The van der Waals surface area contributed by atoms with Crippen LogP contribution in [0.15, 0.2) is 18.2 Å². The summed E-state index contributed by atoms with van der Waals surface area (Å²) in [5.41, 5.74) is 2.61. The third kappa shape index (κ3) is 3.95. The lowest BCUT2D eigenvalue weighted by atomic mass is 10.1. The van der Waals surface area contributed by atoms with Crippen molar-refractivity contribution in [2.24, 2.45) is 0 Å². The van der Waals surface area contributed by atoms with E-state index in [2.05, 4.69) is 28.4 Å². The van der Waals surface area contributed by atoms with E-state index in [0.717, 1.165) is 31.4 Å². The van der Waals surface area contributed by atoms with E-state index in [1.807, 2.05) is 0 Å². The average Bonchev–Trinajstić information content (AvgIpc) is 2.93. The molecule has 1 saturated heterocycles. The molecular formula is C19H30N2O. The van der Waals surface area contributed by atoms with Crippen LogP contribution < -0.4 is 15.0 Å². The lowest BCUT2D eigenvalue weighted by Gasteiger charge is -2.25. The largest absolute Gasteiger partial charge is 0.495 e. The zero-order valence-electron chi connectivity index (χ0n) is 13.9. The summed E-state index contributed by atoms with van der Waals surface area (Å²) in [4.78, 5) is 2.50. The van der Waals surface area contributed by atoms with Gasteiger partial charge in [-0.2, -0.15) is 0 Å². The van der Waals surface area contributed by atoms with Gasteiger partial charge in [0.25, 0.3) is 0 Å². The fourth-order valence-electron chi connectivity index (χ4n) is 3.80. The summed E-state index contributed by atoms with van der Waals surface area (Å²) in [6.45, 7) is 3.29. The minimum atomic E-state index is 0.719. The lowest BCUT2D eigenvalue weighted by Crippen LogP contribution is -2.26. The number of rotatable bonds is 5. The number of anilines is 1. The molecule has 1 aliphatic heterocycles. The van der Waals surface area contributed by atoms with Gasteiger partial charge in [0.2, 0.25) is 0 Å². The summed E-state index contributed by atoms with van der Waals surface area (Å²) in [6, 6.07) is 7.47. The van der Waals surface area contributed by atoms with Gasteiger partial charge in [0, 0.05) is 25.7 Å². The first-order valence-corrected chi connectivity index (χ1v) is 9.02. The minimum Gasteiger partial charge on any atom is -0.495 e. The van der Waals surface area contributed by atoms with Gasteiger partial charge in [0.1, 0.15) is 5.75 Å². The first-order valence-electron chi connectivity index (χ1n) is 9.02. The third-order valence-corrected chi connectivity index (χ3v) is 5.14. The van der Waals surface area contributed by atoms with Crippen molar-refractivity contribution in [1.29, 1.82) is 0 Å². The second-order valence-corrected chi connectivity index (χ2v) is 6.77. The zero-order valence-corrected chi connectivity index (χ0v) is 13.9. The van der Waals surface area contributed by atoms with Crippen LogP contribution >= 0.6 is 0 Å². The summed E-state index contributed by atoms with van der Waals surface area (Å²) in [5.74, 6) is 1.03. The van der Waals surface area contributed by atoms with Crippen molar-refractivity contribution in [3.63, 3.8) is 0 Å². The molecule has 1 aliphatic carbocycles. The van der Waals surface area contributed by atoms with Crippen LogP contribution in [0.5, 0.6) is 5.75 Å². The molecule has 0 aromatic heterocycles. The molecule has 0 unspecified atom stereocenters. The zero-order chi connectivity index (χ0) is 15.2. The second kappa shape index (κ2) is 7.87. The lowest BCUT2D eigenvalue weighted by molar-refractivity contribution is 0.413. The molecule has 1 N–H and O–H groups in total. The van der Waals surface area contributed by atoms with Crippen LogP contribution in [-0.4, -0.2) is 26.2 Å². The highest BCUT2D eigenvalue weighted by molar-refractivity contribution is 5.60. The highest BCUT2D eigenvalue weighted by Crippen LogP contribution is 2.31. The first kappa shape index (κ1) is 15.7. The van der Waals surface area contributed by atoms with Crippen LogP contribution in [0.2, 0.25) is 0 Å². The number of ether oxygens (including phenoxy) is 1. The predicted octanol–water partition coefficient (Wildman–Crippen LogP) is 4.11. The van der Waals surface area contributed by atoms with Crippen LogP contribution in [0.3, 0.4) is 0 Å². The number of nitrogens with one attached hydrogen (secondary N) is 1. The van der Waals surface area contributed by atoms with Gasteiger partial charge in [-0.15, -0.1) is 0 Å². The van der Waals surface area contributed by atoms with Crippen LogP contribution in [0.1, 0.15) is 56.9 Å². The van der Waals surface area contributed by atoms with Crippen molar-refractivity contribution in [2.45, 2.75) is 64.0 Å². The van der Waals surface area contributed by atoms with E-state index in [0.29, 0.717) is 0 Å². The summed E-state index contributed by atoms with van der Waals surface area (Å²) < 4.78 is 5.68. The Morgan fingerprint density at radius 1 is 1.05 bits per heavy atom. The van der Waals surface area contributed by atoms with Crippen molar-refractivity contribution in [3.05, 3.63) is 23.8 Å². The molecule has 122 valence electrons. The van der Waals surface area contributed by atoms with Gasteiger partial charge >= 0.3 is 0 Å². The SMILES string of the molecule is COc1cc(CNC2CCCC2)ccc1N1CCCCCC1. The van der Waals surface area contributed by atoms with Gasteiger partial charge in [-0.1, -0.05) is 31.7 Å². The Balaban J connectivity index is 1.66. The minimum absolute atomic E-state index is 0.719. The van der Waals surface area contributed by atoms with Crippen molar-refractivity contribution >= 4 is 5.69 Å². The fourth-order valence-corrected chi connectivity index (χ4v) is 3.80. The Morgan fingerprint density at radius 2 is 1.77 bits per heavy atom. The molecular weight excluding hydrogens is 272 g/mol. The number of hydrogen-bond donors (Lipinski definition) is 1. The maximum Gasteiger partial charge on any atom is 0.142 e. The van der Waals surface area contributed by atoms with Crippen LogP contribution in [0.25, 0.3) is 0 Å². The summed E-state index contributed by atoms with van der Waals surface area (Å²) in [6.07, 6.45) is 10.8. The summed E-state index contributed by atoms with van der Waals surface area (Å²) in [5, 5.41) is 3.69. The van der Waals surface area contributed by atoms with Gasteiger partial charge in [0.05, 0.1) is 12.8 Å². The van der Waals surface area contributed by atoms with Crippen LogP contribution in [-0.2, 0) is 6.54 Å². The molecule has 0 amide bonds. The Morgan fingerprint density at radius 3 is 2.45 bits per heavy atom. The van der Waals surface area contributed by atoms with E-state index in [1.165, 1.54) is 62.6 Å². The molecule has 1 aromatic rings. The van der Waals surface area contributed by atoms with E-state index in [-0.39, 0.29) is 0 Å². The standard InChI is InChI=1S/C19H30N2O/c1-22-19-14-16(15-20-17-8-4-5-9-17)10-11-18(19)21-12-6-2-3-7-13-21/h10-11,14,17,20H,2-9,12-13,15H2,1H3. The molecule has 1 aromatic carbocycles. The van der Waals surface area contributed by atoms with Crippen LogP contribution in [0, 0.1) is 0 Å². The smallest absolute Gasteiger partial charge is 0.142 e. The maximum absolute atomic E-state index is 5.68. The molecule has 0 atom stereocenters. The van der Waals surface area contributed by atoms with E-state index in [1.54, 1.807) is 7.11 Å². The van der Waals surface area contributed by atoms with Gasteiger partial charge in [-0.25, -0.2) is 0 Å². The summed E-state index contributed by atoms with van der Waals surface area (Å²) >= 11 is 0. The molecule has 2 aliphatic rings. The number of benzene rings is 1. The van der Waals surface area contributed by atoms with Gasteiger partial charge in [-0.3, -0.25) is 0 Å². The van der Waals surface area contributed by atoms with Crippen molar-refractivity contribution < 1.29 is 4.74 Å². The number of hydrogen-bond acceptors (Lipinski definition) is 3. The Hall–Kier alpha value is -1.22. The van der Waals surface area contributed by atoms with Crippen molar-refractivity contribution in [3.8, 4) is 5.75 Å². The maximum atomic E-state index is 5.68. The highest BCUT2D eigenvalue weighted by Gasteiger charge is 2.16. The Bertz CT molecular complexity index is 461. The van der Waals surface area contributed by atoms with Gasteiger partial charge in [0.15, 0.2) is 0 Å². The van der Waals surface area contributed by atoms with E-state index in [4.69, 9.17) is 4.74 Å². The molecule has 3 rings (SSSR count). The van der Waals surface area contributed by atoms with Crippen molar-refractivity contribution in [1.82, 2.24) is 5.32 Å². The monoisotopic (exact) mass is 302 g/mol. The Labute approximate surface area is 135 Å². The first-order chi connectivity index (χ1) is 10.9. The predicted molar refractivity (Wildman–Crippen MR) is 92.8 cm³/mol. The fraction of sp³-hybridized carbons (Fsp3) is 0.684. The number of methoxy groups -OCH3 is 1. The molecule has 0 radical (unpaired) electrons. The topological polar surface area (TPSA) is 24.5 Å². The third-order valence-electron chi connectivity index (χ3n) is 5.14. The van der Waals surface area contributed by atoms with E-state index >= 15 is 0 Å². The molecule has 3 nitrogen and oxygen atoms in total. The normalized spacial score (nSPS) is 20.1. The van der Waals surface area contributed by atoms with E-state index in [9.17, 15) is 0 Å². The second-order valence-electron chi connectivity index (χ2n) is 6.77. The van der Waals surface area contributed by atoms with Gasteiger partial charge in [-0.05, 0) is 43.4 Å². The molecule has 0 spiro atoms. The summed E-state index contributed by atoms with van der Waals surface area (Å²) in [7, 11) is 1.80. The van der Waals surface area contributed by atoms with Crippen molar-refractivity contribution in [2.75, 3.05) is 25.1 Å². The number of nitrogens with zero attached hydrogens (tertiary/aromatic N) is 1. The van der Waals surface area contributed by atoms with E-state index < -0.39 is 0 Å². The Kier molecular flexibility index (Phi) is 5.60.